The Morgan fingerprint density at radius 3 is 2.45 bits per heavy atom. The van der Waals surface area contributed by atoms with Gasteiger partial charge in [-0.3, -0.25) is 4.99 Å². The van der Waals surface area contributed by atoms with Crippen LogP contribution in [-0.2, 0) is 13.0 Å². The molecule has 4 nitrogen and oxygen atoms in total. The predicted molar refractivity (Wildman–Crippen MR) is 94.2 cm³/mol. The van der Waals surface area contributed by atoms with Crippen molar-refractivity contribution in [1.82, 2.24) is 15.5 Å². The third-order valence-corrected chi connectivity index (χ3v) is 4.48. The molecule has 1 fully saturated rings. The van der Waals surface area contributed by atoms with Crippen molar-refractivity contribution in [1.29, 1.82) is 0 Å². The van der Waals surface area contributed by atoms with E-state index in [1.807, 2.05) is 7.05 Å². The lowest BCUT2D eigenvalue weighted by atomic mass is 10.1. The van der Waals surface area contributed by atoms with Crippen LogP contribution in [0.4, 0.5) is 0 Å². The lowest BCUT2D eigenvalue weighted by Gasteiger charge is -2.25. The molecule has 1 aromatic rings. The summed E-state index contributed by atoms with van der Waals surface area (Å²) in [6.07, 6.45) is 3.79. The number of guanidine groups is 1. The molecule has 1 saturated carbocycles. The van der Waals surface area contributed by atoms with E-state index in [1.165, 1.54) is 24.0 Å². The number of aliphatic imine (C=N–C) groups is 1. The average Bonchev–Trinajstić information content (AvgIpc) is 3.35. The first-order valence-corrected chi connectivity index (χ1v) is 8.33. The van der Waals surface area contributed by atoms with Gasteiger partial charge in [0.15, 0.2) is 5.96 Å². The van der Waals surface area contributed by atoms with Gasteiger partial charge in [0, 0.05) is 26.2 Å². The minimum absolute atomic E-state index is 0.599. The van der Waals surface area contributed by atoms with Crippen LogP contribution in [0.2, 0.25) is 0 Å². The molecule has 22 heavy (non-hydrogen) atoms. The first kappa shape index (κ1) is 16.8. The van der Waals surface area contributed by atoms with E-state index in [0.717, 1.165) is 31.4 Å². The van der Waals surface area contributed by atoms with Gasteiger partial charge in [-0.2, -0.15) is 0 Å². The minimum Gasteiger partial charge on any atom is -0.355 e. The summed E-state index contributed by atoms with van der Waals surface area (Å²) in [6.45, 7) is 3.97. The maximum atomic E-state index is 4.35. The van der Waals surface area contributed by atoms with Crippen LogP contribution in [0.15, 0.2) is 29.3 Å². The fourth-order valence-electron chi connectivity index (χ4n) is 2.93. The molecule has 0 bridgehead atoms. The van der Waals surface area contributed by atoms with Gasteiger partial charge in [0.1, 0.15) is 0 Å². The Hall–Kier alpha value is -1.55. The van der Waals surface area contributed by atoms with Crippen LogP contribution >= 0.6 is 0 Å². The summed E-state index contributed by atoms with van der Waals surface area (Å²) in [4.78, 5) is 6.67. The third kappa shape index (κ3) is 4.73. The van der Waals surface area contributed by atoms with Gasteiger partial charge in [0.2, 0.25) is 0 Å². The van der Waals surface area contributed by atoms with Crippen LogP contribution in [0.1, 0.15) is 30.9 Å². The molecule has 1 atom stereocenters. The predicted octanol–water partition coefficient (Wildman–Crippen LogP) is 2.25. The Morgan fingerprint density at radius 1 is 1.23 bits per heavy atom. The van der Waals surface area contributed by atoms with E-state index in [2.05, 4.69) is 65.8 Å². The minimum atomic E-state index is 0.599. The summed E-state index contributed by atoms with van der Waals surface area (Å²) in [5.41, 5.74) is 2.74. The van der Waals surface area contributed by atoms with Crippen LogP contribution < -0.4 is 10.6 Å². The largest absolute Gasteiger partial charge is 0.355 e. The second-order valence-electron chi connectivity index (χ2n) is 6.30. The summed E-state index contributed by atoms with van der Waals surface area (Å²) in [7, 11) is 6.17. The van der Waals surface area contributed by atoms with Crippen molar-refractivity contribution in [3.05, 3.63) is 35.4 Å². The van der Waals surface area contributed by atoms with Crippen molar-refractivity contribution in [3.63, 3.8) is 0 Å². The fraction of sp³-hybridized carbons (Fsp3) is 0.611. The van der Waals surface area contributed by atoms with Gasteiger partial charge in [-0.25, -0.2) is 0 Å². The normalized spacial score (nSPS) is 16.7. The van der Waals surface area contributed by atoms with E-state index in [9.17, 15) is 0 Å². The van der Waals surface area contributed by atoms with Gasteiger partial charge in [-0.15, -0.1) is 0 Å². The van der Waals surface area contributed by atoms with Crippen molar-refractivity contribution >= 4 is 5.96 Å². The second-order valence-corrected chi connectivity index (χ2v) is 6.30. The van der Waals surface area contributed by atoms with Crippen molar-refractivity contribution in [3.8, 4) is 0 Å². The maximum Gasteiger partial charge on any atom is 0.191 e. The van der Waals surface area contributed by atoms with E-state index < -0.39 is 0 Å². The van der Waals surface area contributed by atoms with E-state index >= 15 is 0 Å². The summed E-state index contributed by atoms with van der Waals surface area (Å²) < 4.78 is 0. The quantitative estimate of drug-likeness (QED) is 0.599. The van der Waals surface area contributed by atoms with Gasteiger partial charge >= 0.3 is 0 Å². The molecule has 0 aliphatic heterocycles. The van der Waals surface area contributed by atoms with E-state index in [-0.39, 0.29) is 0 Å². The molecule has 1 unspecified atom stereocenters. The van der Waals surface area contributed by atoms with Crippen LogP contribution in [0, 0.1) is 5.92 Å². The molecule has 4 heteroatoms. The molecule has 0 radical (unpaired) electrons. The number of nitrogens with one attached hydrogen (secondary N) is 2. The van der Waals surface area contributed by atoms with Crippen molar-refractivity contribution in [2.75, 3.05) is 27.7 Å². The Balaban J connectivity index is 1.84. The monoisotopic (exact) mass is 302 g/mol. The number of hydrogen-bond acceptors (Lipinski definition) is 2. The number of nitrogens with zero attached hydrogens (tertiary/aromatic N) is 2. The van der Waals surface area contributed by atoms with Gasteiger partial charge in [0.25, 0.3) is 0 Å². The van der Waals surface area contributed by atoms with Crippen molar-refractivity contribution in [2.24, 2.45) is 10.9 Å². The first-order valence-electron chi connectivity index (χ1n) is 8.33. The molecule has 0 heterocycles. The topological polar surface area (TPSA) is 39.7 Å². The number of aryl methyl sites for hydroxylation is 1. The van der Waals surface area contributed by atoms with Gasteiger partial charge in [-0.1, -0.05) is 31.2 Å². The van der Waals surface area contributed by atoms with Crippen LogP contribution in [0.5, 0.6) is 0 Å². The molecule has 1 aliphatic rings. The highest BCUT2D eigenvalue weighted by molar-refractivity contribution is 5.79. The van der Waals surface area contributed by atoms with Gasteiger partial charge < -0.3 is 15.5 Å². The molecule has 2 rings (SSSR count). The molecule has 0 spiro atoms. The number of benzene rings is 1. The number of likely N-dealkylation sites (N-methyl/N-ethyl adjacent to an activating group) is 1. The first-order chi connectivity index (χ1) is 10.7. The Bertz CT molecular complexity index is 490. The van der Waals surface area contributed by atoms with Crippen molar-refractivity contribution in [2.45, 2.75) is 38.8 Å². The van der Waals surface area contributed by atoms with Crippen LogP contribution in [0.3, 0.4) is 0 Å². The summed E-state index contributed by atoms with van der Waals surface area (Å²) >= 11 is 0. The Morgan fingerprint density at radius 2 is 1.91 bits per heavy atom. The SMILES string of the molecule is CCc1ccccc1CNC(=NC)NCC(C1CC1)N(C)C. The zero-order valence-corrected chi connectivity index (χ0v) is 14.4. The highest BCUT2D eigenvalue weighted by Gasteiger charge is 2.32. The average molecular weight is 302 g/mol. The zero-order valence-electron chi connectivity index (χ0n) is 14.4. The Labute approximate surface area is 135 Å². The molecule has 122 valence electrons. The molecule has 1 aromatic carbocycles. The van der Waals surface area contributed by atoms with Crippen LogP contribution in [0.25, 0.3) is 0 Å². The van der Waals surface area contributed by atoms with E-state index in [4.69, 9.17) is 0 Å². The summed E-state index contributed by atoms with van der Waals surface area (Å²) in [5.74, 6) is 1.74. The summed E-state index contributed by atoms with van der Waals surface area (Å²) in [6, 6.07) is 9.18. The lowest BCUT2D eigenvalue weighted by molar-refractivity contribution is 0.264. The number of rotatable bonds is 7. The number of hydrogen-bond donors (Lipinski definition) is 2. The lowest BCUT2D eigenvalue weighted by Crippen LogP contribution is -2.45. The molecular formula is C18H30N4. The van der Waals surface area contributed by atoms with E-state index in [1.54, 1.807) is 0 Å². The molecule has 0 saturated heterocycles. The molecule has 1 aliphatic carbocycles. The third-order valence-electron chi connectivity index (χ3n) is 4.48. The van der Waals surface area contributed by atoms with Gasteiger partial charge in [0.05, 0.1) is 0 Å². The highest BCUT2D eigenvalue weighted by atomic mass is 15.2. The maximum absolute atomic E-state index is 4.35. The molecule has 0 amide bonds. The smallest absolute Gasteiger partial charge is 0.191 e. The molecular weight excluding hydrogens is 272 g/mol. The van der Waals surface area contributed by atoms with Gasteiger partial charge in [-0.05, 0) is 50.4 Å². The zero-order chi connectivity index (χ0) is 15.9. The van der Waals surface area contributed by atoms with E-state index in [0.29, 0.717) is 6.04 Å². The standard InChI is InChI=1S/C18H30N4/c1-5-14-8-6-7-9-16(14)12-20-18(19-2)21-13-17(22(3)4)15-10-11-15/h6-9,15,17H,5,10-13H2,1-4H3,(H2,19,20,21). The Kier molecular flexibility index (Phi) is 6.25. The molecule has 0 aromatic heterocycles. The fourth-order valence-corrected chi connectivity index (χ4v) is 2.93. The van der Waals surface area contributed by atoms with Crippen molar-refractivity contribution < 1.29 is 0 Å². The van der Waals surface area contributed by atoms with Crippen LogP contribution in [-0.4, -0.2) is 44.6 Å². The second kappa shape index (κ2) is 8.18. The highest BCUT2D eigenvalue weighted by Crippen LogP contribution is 2.34. The molecule has 2 N–H and O–H groups in total. The summed E-state index contributed by atoms with van der Waals surface area (Å²) in [5, 5.41) is 6.91.